The first-order valence-electron chi connectivity index (χ1n) is 12.3. The predicted octanol–water partition coefficient (Wildman–Crippen LogP) is 4.05. The quantitative estimate of drug-likeness (QED) is 0.349. The summed E-state index contributed by atoms with van der Waals surface area (Å²) in [4.78, 5) is 41.3. The fourth-order valence-corrected chi connectivity index (χ4v) is 4.16. The largest absolute Gasteiger partial charge is 0.352 e. The van der Waals surface area contributed by atoms with Crippen molar-refractivity contribution in [3.8, 4) is 0 Å². The molecular weight excluding hydrogens is 468 g/mol. The minimum absolute atomic E-state index is 0.0834. The Labute approximate surface area is 216 Å². The number of ketones is 1. The summed E-state index contributed by atoms with van der Waals surface area (Å²) < 4.78 is 3.36. The zero-order valence-corrected chi connectivity index (χ0v) is 21.8. The van der Waals surface area contributed by atoms with Crippen molar-refractivity contribution in [1.82, 2.24) is 24.9 Å². The summed E-state index contributed by atoms with van der Waals surface area (Å²) in [6, 6.07) is 16.8. The molecule has 0 bridgehead atoms. The highest BCUT2D eigenvalue weighted by molar-refractivity contribution is 6.02. The second-order valence-electron chi connectivity index (χ2n) is 9.78. The van der Waals surface area contributed by atoms with E-state index in [0.717, 1.165) is 5.52 Å². The second-order valence-corrected chi connectivity index (χ2v) is 9.78. The number of carbonyl (C=O) groups is 3. The Morgan fingerprint density at radius 1 is 1.03 bits per heavy atom. The van der Waals surface area contributed by atoms with Crippen LogP contribution in [0.25, 0.3) is 11.0 Å². The summed E-state index contributed by atoms with van der Waals surface area (Å²) >= 11 is 0. The van der Waals surface area contributed by atoms with Crippen LogP contribution in [0.3, 0.4) is 0 Å². The van der Waals surface area contributed by atoms with E-state index in [2.05, 4.69) is 15.6 Å². The summed E-state index contributed by atoms with van der Waals surface area (Å²) in [7, 11) is 1.84. The lowest BCUT2D eigenvalue weighted by Gasteiger charge is -2.34. The van der Waals surface area contributed by atoms with Crippen LogP contribution in [0.2, 0.25) is 0 Å². The van der Waals surface area contributed by atoms with Crippen molar-refractivity contribution in [2.45, 2.75) is 52.2 Å². The standard InChI is InChI=1S/C28H32N6O3/c1-6-28(3,4)29-27(37)26(24-12-9-17-32(24)5)34(21-15-13-20(14-16-21)19(2)35)25(36)18-33-23-11-8-7-10-22(23)30-31-33/h7-17,26H,6,18H2,1-5H3,(H,29,37)/t26-/m0/s1. The molecule has 37 heavy (non-hydrogen) atoms. The Balaban J connectivity index is 1.82. The third kappa shape index (κ3) is 5.45. The van der Waals surface area contributed by atoms with Gasteiger partial charge in [-0.15, -0.1) is 5.10 Å². The maximum atomic E-state index is 14.0. The van der Waals surface area contributed by atoms with Crippen LogP contribution < -0.4 is 10.2 Å². The highest BCUT2D eigenvalue weighted by Crippen LogP contribution is 2.30. The highest BCUT2D eigenvalue weighted by atomic mass is 16.2. The number of para-hydroxylation sites is 1. The fraction of sp³-hybridized carbons (Fsp3) is 0.321. The number of aryl methyl sites for hydroxylation is 1. The molecule has 192 valence electrons. The molecule has 2 heterocycles. The van der Waals surface area contributed by atoms with E-state index in [0.29, 0.717) is 28.9 Å². The molecule has 4 aromatic rings. The molecule has 1 N–H and O–H groups in total. The summed E-state index contributed by atoms with van der Waals surface area (Å²) in [5.41, 5.74) is 2.58. The fourth-order valence-electron chi connectivity index (χ4n) is 4.16. The molecule has 0 saturated carbocycles. The molecule has 1 atom stereocenters. The van der Waals surface area contributed by atoms with Crippen molar-refractivity contribution in [3.63, 3.8) is 0 Å². The minimum atomic E-state index is -0.962. The second kappa shape index (κ2) is 10.4. The first-order chi connectivity index (χ1) is 17.6. The van der Waals surface area contributed by atoms with Crippen molar-refractivity contribution >= 4 is 34.3 Å². The molecule has 9 nitrogen and oxygen atoms in total. The van der Waals surface area contributed by atoms with Crippen molar-refractivity contribution in [3.05, 3.63) is 78.1 Å². The lowest BCUT2D eigenvalue weighted by atomic mass is 10.00. The first-order valence-corrected chi connectivity index (χ1v) is 12.3. The Morgan fingerprint density at radius 3 is 2.35 bits per heavy atom. The van der Waals surface area contributed by atoms with Gasteiger partial charge in [-0.2, -0.15) is 0 Å². The van der Waals surface area contributed by atoms with E-state index in [9.17, 15) is 14.4 Å². The molecule has 2 aromatic carbocycles. The normalized spacial score (nSPS) is 12.4. The summed E-state index contributed by atoms with van der Waals surface area (Å²) in [5, 5.41) is 11.4. The Bertz CT molecular complexity index is 1430. The molecule has 0 radical (unpaired) electrons. The van der Waals surface area contributed by atoms with Crippen LogP contribution in [-0.2, 0) is 23.2 Å². The Morgan fingerprint density at radius 2 is 1.73 bits per heavy atom. The van der Waals surface area contributed by atoms with Crippen LogP contribution in [0.15, 0.2) is 66.9 Å². The van der Waals surface area contributed by atoms with Gasteiger partial charge >= 0.3 is 0 Å². The average molecular weight is 501 g/mol. The molecule has 0 spiro atoms. The van der Waals surface area contributed by atoms with Gasteiger partial charge in [-0.1, -0.05) is 24.3 Å². The smallest absolute Gasteiger partial charge is 0.249 e. The molecular formula is C28H32N6O3. The number of fused-ring (bicyclic) bond motifs is 1. The van der Waals surface area contributed by atoms with E-state index in [1.807, 2.05) is 75.0 Å². The van der Waals surface area contributed by atoms with Gasteiger partial charge in [0.1, 0.15) is 12.1 Å². The van der Waals surface area contributed by atoms with Gasteiger partial charge in [0.15, 0.2) is 11.8 Å². The number of anilines is 1. The van der Waals surface area contributed by atoms with E-state index in [1.165, 1.54) is 16.5 Å². The van der Waals surface area contributed by atoms with E-state index in [1.54, 1.807) is 24.3 Å². The zero-order valence-electron chi connectivity index (χ0n) is 21.8. The molecule has 0 aliphatic heterocycles. The number of aromatic nitrogens is 4. The van der Waals surface area contributed by atoms with E-state index in [4.69, 9.17) is 0 Å². The van der Waals surface area contributed by atoms with E-state index < -0.39 is 11.6 Å². The van der Waals surface area contributed by atoms with Crippen LogP contribution in [0.5, 0.6) is 0 Å². The number of nitrogens with zero attached hydrogens (tertiary/aromatic N) is 5. The summed E-state index contributed by atoms with van der Waals surface area (Å²) in [6.45, 7) is 7.25. The number of rotatable bonds is 9. The molecule has 4 rings (SSSR count). The average Bonchev–Trinajstić information content (AvgIpc) is 3.48. The van der Waals surface area contributed by atoms with Crippen LogP contribution in [0.1, 0.15) is 56.2 Å². The van der Waals surface area contributed by atoms with Gasteiger partial charge in [0.25, 0.3) is 0 Å². The first kappa shape index (κ1) is 25.8. The number of carbonyl (C=O) groups excluding carboxylic acids is 3. The van der Waals surface area contributed by atoms with Gasteiger partial charge in [-0.25, -0.2) is 4.68 Å². The van der Waals surface area contributed by atoms with E-state index in [-0.39, 0.29) is 24.1 Å². The van der Waals surface area contributed by atoms with E-state index >= 15 is 0 Å². The van der Waals surface area contributed by atoms with Crippen LogP contribution in [0.4, 0.5) is 5.69 Å². The SMILES string of the molecule is CCC(C)(C)NC(=O)[C@H](c1cccn1C)N(C(=O)Cn1nnc2ccccc21)c1ccc(C(C)=O)cc1. The number of hydrogen-bond acceptors (Lipinski definition) is 5. The maximum Gasteiger partial charge on any atom is 0.249 e. The molecule has 2 amide bonds. The number of benzene rings is 2. The lowest BCUT2D eigenvalue weighted by molar-refractivity contribution is -0.128. The molecule has 0 aliphatic rings. The van der Waals surface area contributed by atoms with Crippen LogP contribution >= 0.6 is 0 Å². The molecule has 0 fully saturated rings. The van der Waals surface area contributed by atoms with Crippen LogP contribution in [0, 0.1) is 0 Å². The van der Waals surface area contributed by atoms with Crippen molar-refractivity contribution in [1.29, 1.82) is 0 Å². The van der Waals surface area contributed by atoms with Crippen molar-refractivity contribution in [2.24, 2.45) is 7.05 Å². The van der Waals surface area contributed by atoms with Crippen molar-refractivity contribution in [2.75, 3.05) is 4.90 Å². The Hall–Kier alpha value is -4.27. The van der Waals surface area contributed by atoms with Crippen LogP contribution in [-0.4, -0.2) is 42.7 Å². The maximum absolute atomic E-state index is 14.0. The predicted molar refractivity (Wildman–Crippen MR) is 142 cm³/mol. The van der Waals surface area contributed by atoms with Gasteiger partial charge in [-0.3, -0.25) is 19.3 Å². The monoisotopic (exact) mass is 500 g/mol. The molecule has 0 unspecified atom stereocenters. The molecule has 0 saturated heterocycles. The highest BCUT2D eigenvalue weighted by Gasteiger charge is 2.36. The third-order valence-electron chi connectivity index (χ3n) is 6.64. The molecule has 2 aromatic heterocycles. The lowest BCUT2D eigenvalue weighted by Crippen LogP contribution is -2.51. The zero-order chi connectivity index (χ0) is 26.7. The summed E-state index contributed by atoms with van der Waals surface area (Å²) in [5.74, 6) is -0.733. The van der Waals surface area contributed by atoms with Gasteiger partial charge in [-0.05, 0) is 75.7 Å². The molecule has 9 heteroatoms. The summed E-state index contributed by atoms with van der Waals surface area (Å²) in [6.07, 6.45) is 2.55. The van der Waals surface area contributed by atoms with Crippen molar-refractivity contribution < 1.29 is 14.4 Å². The van der Waals surface area contributed by atoms with Gasteiger partial charge in [0.05, 0.1) is 11.2 Å². The van der Waals surface area contributed by atoms with Gasteiger partial charge in [0, 0.05) is 30.0 Å². The topological polar surface area (TPSA) is 102 Å². The molecule has 0 aliphatic carbocycles. The van der Waals surface area contributed by atoms with Gasteiger partial charge < -0.3 is 9.88 Å². The Kier molecular flexibility index (Phi) is 7.24. The number of hydrogen-bond donors (Lipinski definition) is 1. The van der Waals surface area contributed by atoms with Gasteiger partial charge in [0.2, 0.25) is 11.8 Å². The number of nitrogens with one attached hydrogen (secondary N) is 1. The minimum Gasteiger partial charge on any atom is -0.352 e. The number of amides is 2. The number of Topliss-reactive ketones (excluding diaryl/α,β-unsaturated/α-hetero) is 1. The third-order valence-corrected chi connectivity index (χ3v) is 6.64.